The van der Waals surface area contributed by atoms with Gasteiger partial charge in [0, 0.05) is 31.3 Å². The predicted molar refractivity (Wildman–Crippen MR) is 65.1 cm³/mol. The fourth-order valence-corrected chi connectivity index (χ4v) is 1.38. The normalized spacial score (nSPS) is 13.8. The molecule has 0 saturated heterocycles. The van der Waals surface area contributed by atoms with Crippen molar-refractivity contribution >= 4 is 5.91 Å². The minimum atomic E-state index is -1.10. The molecule has 0 aliphatic rings. The van der Waals surface area contributed by atoms with E-state index in [1.807, 2.05) is 6.92 Å². The number of rotatable bonds is 6. The molecule has 3 N–H and O–H groups in total. The summed E-state index contributed by atoms with van der Waals surface area (Å²) in [6.07, 6.45) is -0.735. The summed E-state index contributed by atoms with van der Waals surface area (Å²) < 4.78 is 5.17. The third kappa shape index (κ3) is 4.31. The molecule has 0 aliphatic heterocycles. The highest BCUT2D eigenvalue weighted by Gasteiger charge is 2.18. The summed E-state index contributed by atoms with van der Waals surface area (Å²) in [5.41, 5.74) is 0.469. The van der Waals surface area contributed by atoms with Crippen LogP contribution in [0.1, 0.15) is 25.5 Å². The van der Waals surface area contributed by atoms with Gasteiger partial charge in [-0.15, -0.1) is 0 Å². The number of hydrogen-bond donors (Lipinski definition) is 3. The Labute approximate surface area is 106 Å². The molecule has 2 unspecified atom stereocenters. The SMILES string of the molecule is CCOc1ccc(C(O)C(O)CNC(C)=O)cn1. The summed E-state index contributed by atoms with van der Waals surface area (Å²) in [5, 5.41) is 21.9. The first-order chi connectivity index (χ1) is 8.54. The Hall–Kier alpha value is -1.66. The Bertz CT molecular complexity index is 380. The van der Waals surface area contributed by atoms with Crippen molar-refractivity contribution < 1.29 is 19.7 Å². The largest absolute Gasteiger partial charge is 0.478 e. The van der Waals surface area contributed by atoms with E-state index in [4.69, 9.17) is 4.74 Å². The van der Waals surface area contributed by atoms with Crippen LogP contribution in [-0.2, 0) is 4.79 Å². The molecule has 0 bridgehead atoms. The first-order valence-corrected chi connectivity index (χ1v) is 5.74. The molecule has 0 spiro atoms. The summed E-state index contributed by atoms with van der Waals surface area (Å²) in [4.78, 5) is 14.7. The minimum absolute atomic E-state index is 0.0102. The number of carbonyl (C=O) groups is 1. The number of ether oxygens (including phenoxy) is 1. The van der Waals surface area contributed by atoms with Crippen LogP contribution in [0.5, 0.6) is 5.88 Å². The first kappa shape index (κ1) is 14.4. The van der Waals surface area contributed by atoms with E-state index < -0.39 is 12.2 Å². The average Bonchev–Trinajstić information content (AvgIpc) is 2.36. The zero-order chi connectivity index (χ0) is 13.5. The maximum atomic E-state index is 10.7. The molecule has 18 heavy (non-hydrogen) atoms. The molecule has 6 nitrogen and oxygen atoms in total. The van der Waals surface area contributed by atoms with Crippen LogP contribution < -0.4 is 10.1 Å². The first-order valence-electron chi connectivity index (χ1n) is 5.74. The van der Waals surface area contributed by atoms with Crippen molar-refractivity contribution in [2.45, 2.75) is 26.1 Å². The Morgan fingerprint density at radius 1 is 1.50 bits per heavy atom. The molecule has 0 aliphatic carbocycles. The number of nitrogens with one attached hydrogen (secondary N) is 1. The number of carbonyl (C=O) groups excluding carboxylic acids is 1. The van der Waals surface area contributed by atoms with Crippen LogP contribution in [0.2, 0.25) is 0 Å². The Kier molecular flexibility index (Phi) is 5.54. The summed E-state index contributed by atoms with van der Waals surface area (Å²) in [6, 6.07) is 3.24. The maximum absolute atomic E-state index is 10.7. The van der Waals surface area contributed by atoms with E-state index >= 15 is 0 Å². The van der Waals surface area contributed by atoms with E-state index in [1.54, 1.807) is 12.1 Å². The summed E-state index contributed by atoms with van der Waals surface area (Å²) >= 11 is 0. The molecule has 1 heterocycles. The second-order valence-electron chi connectivity index (χ2n) is 3.81. The highest BCUT2D eigenvalue weighted by molar-refractivity contribution is 5.72. The molecule has 100 valence electrons. The van der Waals surface area contributed by atoms with Crippen molar-refractivity contribution in [2.24, 2.45) is 0 Å². The van der Waals surface area contributed by atoms with Crippen LogP contribution in [0.3, 0.4) is 0 Å². The number of aliphatic hydroxyl groups is 2. The fraction of sp³-hybridized carbons (Fsp3) is 0.500. The van der Waals surface area contributed by atoms with E-state index in [0.717, 1.165) is 0 Å². The Morgan fingerprint density at radius 2 is 2.22 bits per heavy atom. The quantitative estimate of drug-likeness (QED) is 0.665. The van der Waals surface area contributed by atoms with Gasteiger partial charge in [-0.2, -0.15) is 0 Å². The van der Waals surface area contributed by atoms with Gasteiger partial charge < -0.3 is 20.3 Å². The molecule has 1 aromatic heterocycles. The van der Waals surface area contributed by atoms with Crippen molar-refractivity contribution in [2.75, 3.05) is 13.2 Å². The van der Waals surface area contributed by atoms with Gasteiger partial charge in [0.05, 0.1) is 6.61 Å². The third-order valence-corrected chi connectivity index (χ3v) is 2.32. The highest BCUT2D eigenvalue weighted by Crippen LogP contribution is 2.17. The highest BCUT2D eigenvalue weighted by atomic mass is 16.5. The van der Waals surface area contributed by atoms with Crippen molar-refractivity contribution in [3.05, 3.63) is 23.9 Å². The van der Waals surface area contributed by atoms with Gasteiger partial charge in [-0.25, -0.2) is 4.98 Å². The minimum Gasteiger partial charge on any atom is -0.478 e. The van der Waals surface area contributed by atoms with Gasteiger partial charge in [-0.3, -0.25) is 4.79 Å². The number of amides is 1. The Balaban J connectivity index is 2.59. The zero-order valence-corrected chi connectivity index (χ0v) is 10.5. The molecule has 1 amide bonds. The number of nitrogens with zero attached hydrogens (tertiary/aromatic N) is 1. The van der Waals surface area contributed by atoms with Gasteiger partial charge in [-0.05, 0) is 13.0 Å². The number of aromatic nitrogens is 1. The van der Waals surface area contributed by atoms with E-state index in [-0.39, 0.29) is 12.5 Å². The fourth-order valence-electron chi connectivity index (χ4n) is 1.38. The molecular formula is C12H18N2O4. The molecule has 6 heteroatoms. The molecule has 0 aromatic carbocycles. The Morgan fingerprint density at radius 3 is 2.72 bits per heavy atom. The molecule has 1 rings (SSSR count). The lowest BCUT2D eigenvalue weighted by atomic mass is 10.1. The predicted octanol–water partition coefficient (Wildman–Crippen LogP) is 0.0107. The molecule has 0 saturated carbocycles. The zero-order valence-electron chi connectivity index (χ0n) is 10.5. The van der Waals surface area contributed by atoms with Crippen LogP contribution in [0.4, 0.5) is 0 Å². The second kappa shape index (κ2) is 6.93. The lowest BCUT2D eigenvalue weighted by Crippen LogP contribution is -2.34. The number of aliphatic hydroxyl groups excluding tert-OH is 2. The average molecular weight is 254 g/mol. The van der Waals surface area contributed by atoms with Crippen molar-refractivity contribution in [1.82, 2.24) is 10.3 Å². The summed E-state index contributed by atoms with van der Waals surface area (Å²) in [6.45, 7) is 3.70. The van der Waals surface area contributed by atoms with Crippen LogP contribution >= 0.6 is 0 Å². The van der Waals surface area contributed by atoms with Gasteiger partial charge >= 0.3 is 0 Å². The van der Waals surface area contributed by atoms with Gasteiger partial charge in [0.2, 0.25) is 11.8 Å². The smallest absolute Gasteiger partial charge is 0.216 e. The van der Waals surface area contributed by atoms with E-state index in [0.29, 0.717) is 18.1 Å². The third-order valence-electron chi connectivity index (χ3n) is 2.32. The maximum Gasteiger partial charge on any atom is 0.216 e. The topological polar surface area (TPSA) is 91.7 Å². The van der Waals surface area contributed by atoms with E-state index in [1.165, 1.54) is 13.1 Å². The van der Waals surface area contributed by atoms with E-state index in [2.05, 4.69) is 10.3 Å². The van der Waals surface area contributed by atoms with Crippen molar-refractivity contribution in [1.29, 1.82) is 0 Å². The number of hydrogen-bond acceptors (Lipinski definition) is 5. The monoisotopic (exact) mass is 254 g/mol. The van der Waals surface area contributed by atoms with Crippen LogP contribution in [0.25, 0.3) is 0 Å². The van der Waals surface area contributed by atoms with Crippen molar-refractivity contribution in [3.8, 4) is 5.88 Å². The standard InChI is InChI=1S/C12H18N2O4/c1-3-18-11-5-4-9(6-14-11)12(17)10(16)7-13-8(2)15/h4-6,10,12,16-17H,3,7H2,1-2H3,(H,13,15). The van der Waals surface area contributed by atoms with Crippen molar-refractivity contribution in [3.63, 3.8) is 0 Å². The lowest BCUT2D eigenvalue weighted by molar-refractivity contribution is -0.119. The number of pyridine rings is 1. The van der Waals surface area contributed by atoms with Gasteiger partial charge in [-0.1, -0.05) is 0 Å². The lowest BCUT2D eigenvalue weighted by Gasteiger charge is -2.18. The molecule has 0 fully saturated rings. The second-order valence-corrected chi connectivity index (χ2v) is 3.81. The van der Waals surface area contributed by atoms with E-state index in [9.17, 15) is 15.0 Å². The summed E-state index contributed by atoms with van der Waals surface area (Å²) in [5.74, 6) is 0.205. The van der Waals surface area contributed by atoms with Gasteiger partial charge in [0.25, 0.3) is 0 Å². The molecular weight excluding hydrogens is 236 g/mol. The van der Waals surface area contributed by atoms with Gasteiger partial charge in [0.15, 0.2) is 0 Å². The summed E-state index contributed by atoms with van der Waals surface area (Å²) in [7, 11) is 0. The van der Waals surface area contributed by atoms with Crippen LogP contribution in [0.15, 0.2) is 18.3 Å². The van der Waals surface area contributed by atoms with Gasteiger partial charge in [0.1, 0.15) is 12.2 Å². The van der Waals surface area contributed by atoms with Crippen LogP contribution in [-0.4, -0.2) is 40.4 Å². The molecule has 1 aromatic rings. The molecule has 2 atom stereocenters. The molecule has 0 radical (unpaired) electrons. The van der Waals surface area contributed by atoms with Crippen LogP contribution in [0, 0.1) is 0 Å².